The van der Waals surface area contributed by atoms with Crippen molar-refractivity contribution in [3.05, 3.63) is 35.4 Å². The quantitative estimate of drug-likeness (QED) is 0.746. The minimum Gasteiger partial charge on any atom is -0.352 e. The van der Waals surface area contributed by atoms with Crippen LogP contribution in [0.25, 0.3) is 0 Å². The second-order valence-electron chi connectivity index (χ2n) is 5.98. The van der Waals surface area contributed by atoms with Gasteiger partial charge in [-0.3, -0.25) is 9.59 Å². The number of hydrogen-bond donors (Lipinski definition) is 2. The highest BCUT2D eigenvalue weighted by molar-refractivity contribution is 5.99. The molecule has 23 heavy (non-hydrogen) atoms. The van der Waals surface area contributed by atoms with Crippen LogP contribution in [0.15, 0.2) is 24.3 Å². The Morgan fingerprint density at radius 2 is 1.91 bits per heavy atom. The summed E-state index contributed by atoms with van der Waals surface area (Å²) in [5, 5.41) is 6.25. The van der Waals surface area contributed by atoms with E-state index in [1.165, 1.54) is 4.90 Å². The SMILES string of the molecule is CN(C)C(=O)c1cccc(C(=O)NCCCN2CCNCC2)c1. The molecule has 0 spiro atoms. The van der Waals surface area contributed by atoms with Crippen molar-refractivity contribution in [3.8, 4) is 0 Å². The highest BCUT2D eigenvalue weighted by Gasteiger charge is 2.12. The Morgan fingerprint density at radius 3 is 2.61 bits per heavy atom. The zero-order chi connectivity index (χ0) is 16.7. The topological polar surface area (TPSA) is 64.7 Å². The lowest BCUT2D eigenvalue weighted by molar-refractivity contribution is 0.0827. The molecule has 1 fully saturated rings. The molecule has 1 heterocycles. The van der Waals surface area contributed by atoms with Crippen molar-refractivity contribution in [2.24, 2.45) is 0 Å². The van der Waals surface area contributed by atoms with Crippen molar-refractivity contribution in [2.45, 2.75) is 6.42 Å². The number of carbonyl (C=O) groups excluding carboxylic acids is 2. The molecule has 0 unspecified atom stereocenters. The molecule has 126 valence electrons. The molecule has 2 rings (SSSR count). The Kier molecular flexibility index (Phi) is 6.55. The van der Waals surface area contributed by atoms with Gasteiger partial charge in [-0.15, -0.1) is 0 Å². The summed E-state index contributed by atoms with van der Waals surface area (Å²) in [6, 6.07) is 6.85. The lowest BCUT2D eigenvalue weighted by Gasteiger charge is -2.27. The van der Waals surface area contributed by atoms with E-state index in [0.29, 0.717) is 17.7 Å². The molecule has 1 aromatic rings. The van der Waals surface area contributed by atoms with Gasteiger partial charge >= 0.3 is 0 Å². The maximum absolute atomic E-state index is 12.2. The molecular formula is C17H26N4O2. The fourth-order valence-corrected chi connectivity index (χ4v) is 2.59. The van der Waals surface area contributed by atoms with E-state index in [1.807, 2.05) is 0 Å². The van der Waals surface area contributed by atoms with Crippen LogP contribution in [-0.4, -0.2) is 75.0 Å². The Hall–Kier alpha value is -1.92. The van der Waals surface area contributed by atoms with Gasteiger partial charge in [0, 0.05) is 57.9 Å². The van der Waals surface area contributed by atoms with E-state index in [0.717, 1.165) is 39.1 Å². The lowest BCUT2D eigenvalue weighted by atomic mass is 10.1. The third-order valence-corrected chi connectivity index (χ3v) is 3.92. The molecule has 0 radical (unpaired) electrons. The smallest absolute Gasteiger partial charge is 0.253 e. The van der Waals surface area contributed by atoms with Gasteiger partial charge in [-0.25, -0.2) is 0 Å². The van der Waals surface area contributed by atoms with Crippen molar-refractivity contribution in [2.75, 3.05) is 53.4 Å². The zero-order valence-electron chi connectivity index (χ0n) is 14.0. The molecule has 1 aliphatic heterocycles. The largest absolute Gasteiger partial charge is 0.352 e. The Balaban J connectivity index is 1.79. The third kappa shape index (κ3) is 5.33. The van der Waals surface area contributed by atoms with Crippen molar-refractivity contribution in [1.29, 1.82) is 0 Å². The average Bonchev–Trinajstić information content (AvgIpc) is 2.58. The standard InChI is InChI=1S/C17H26N4O2/c1-20(2)17(23)15-6-3-5-14(13-15)16(22)19-7-4-10-21-11-8-18-9-12-21/h3,5-6,13,18H,4,7-12H2,1-2H3,(H,19,22). The van der Waals surface area contributed by atoms with E-state index in [9.17, 15) is 9.59 Å². The van der Waals surface area contributed by atoms with Crippen LogP contribution in [0.2, 0.25) is 0 Å². The van der Waals surface area contributed by atoms with Crippen molar-refractivity contribution < 1.29 is 9.59 Å². The summed E-state index contributed by atoms with van der Waals surface area (Å²) < 4.78 is 0. The first-order chi connectivity index (χ1) is 11.1. The number of hydrogen-bond acceptors (Lipinski definition) is 4. The minimum atomic E-state index is -0.126. The van der Waals surface area contributed by atoms with E-state index < -0.39 is 0 Å². The zero-order valence-corrected chi connectivity index (χ0v) is 14.0. The molecule has 1 aliphatic rings. The number of nitrogens with zero attached hydrogens (tertiary/aromatic N) is 2. The maximum Gasteiger partial charge on any atom is 0.253 e. The summed E-state index contributed by atoms with van der Waals surface area (Å²) in [6.45, 7) is 5.87. The lowest BCUT2D eigenvalue weighted by Crippen LogP contribution is -2.44. The van der Waals surface area contributed by atoms with Crippen LogP contribution < -0.4 is 10.6 Å². The van der Waals surface area contributed by atoms with E-state index in [-0.39, 0.29) is 11.8 Å². The van der Waals surface area contributed by atoms with Crippen LogP contribution in [0.5, 0.6) is 0 Å². The van der Waals surface area contributed by atoms with E-state index in [1.54, 1.807) is 38.4 Å². The first-order valence-electron chi connectivity index (χ1n) is 8.11. The van der Waals surface area contributed by atoms with Gasteiger partial charge in [0.1, 0.15) is 0 Å². The van der Waals surface area contributed by atoms with Gasteiger partial charge in [-0.2, -0.15) is 0 Å². The number of piperazine rings is 1. The van der Waals surface area contributed by atoms with Crippen LogP contribution in [0.4, 0.5) is 0 Å². The molecule has 0 aliphatic carbocycles. The summed E-state index contributed by atoms with van der Waals surface area (Å²) in [7, 11) is 3.40. The van der Waals surface area contributed by atoms with Crippen LogP contribution >= 0.6 is 0 Å². The highest BCUT2D eigenvalue weighted by atomic mass is 16.2. The van der Waals surface area contributed by atoms with Crippen molar-refractivity contribution in [3.63, 3.8) is 0 Å². The molecule has 0 saturated carbocycles. The normalized spacial score (nSPS) is 15.2. The Labute approximate surface area is 137 Å². The van der Waals surface area contributed by atoms with Gasteiger partial charge in [-0.1, -0.05) is 6.07 Å². The molecular weight excluding hydrogens is 292 g/mol. The number of amides is 2. The second-order valence-corrected chi connectivity index (χ2v) is 5.98. The molecule has 2 N–H and O–H groups in total. The van der Waals surface area contributed by atoms with Crippen LogP contribution in [0.1, 0.15) is 27.1 Å². The average molecular weight is 318 g/mol. The molecule has 0 bridgehead atoms. The number of nitrogens with one attached hydrogen (secondary N) is 2. The molecule has 1 saturated heterocycles. The van der Waals surface area contributed by atoms with E-state index >= 15 is 0 Å². The summed E-state index contributed by atoms with van der Waals surface area (Å²) in [4.78, 5) is 28.0. The van der Waals surface area contributed by atoms with Gasteiger partial charge in [0.25, 0.3) is 11.8 Å². The third-order valence-electron chi connectivity index (χ3n) is 3.92. The second kappa shape index (κ2) is 8.64. The molecule has 0 atom stereocenters. The first-order valence-corrected chi connectivity index (χ1v) is 8.11. The Bertz CT molecular complexity index is 539. The monoisotopic (exact) mass is 318 g/mol. The van der Waals surface area contributed by atoms with Gasteiger partial charge in [0.05, 0.1) is 0 Å². The van der Waals surface area contributed by atoms with Crippen molar-refractivity contribution >= 4 is 11.8 Å². The summed E-state index contributed by atoms with van der Waals surface area (Å²) in [5.41, 5.74) is 1.06. The Morgan fingerprint density at radius 1 is 1.22 bits per heavy atom. The number of carbonyl (C=O) groups is 2. The van der Waals surface area contributed by atoms with E-state index in [2.05, 4.69) is 15.5 Å². The summed E-state index contributed by atoms with van der Waals surface area (Å²) >= 11 is 0. The molecule has 2 amide bonds. The predicted molar refractivity (Wildman–Crippen MR) is 90.7 cm³/mol. The summed E-state index contributed by atoms with van der Waals surface area (Å²) in [6.07, 6.45) is 0.933. The predicted octanol–water partition coefficient (Wildman–Crippen LogP) is 0.414. The number of benzene rings is 1. The van der Waals surface area contributed by atoms with Crippen LogP contribution in [0.3, 0.4) is 0 Å². The van der Waals surface area contributed by atoms with Gasteiger partial charge < -0.3 is 20.4 Å². The van der Waals surface area contributed by atoms with E-state index in [4.69, 9.17) is 0 Å². The van der Waals surface area contributed by atoms with Crippen LogP contribution in [0, 0.1) is 0 Å². The fourth-order valence-electron chi connectivity index (χ4n) is 2.59. The summed E-state index contributed by atoms with van der Waals surface area (Å²) in [5.74, 6) is -0.225. The molecule has 6 nitrogen and oxygen atoms in total. The van der Waals surface area contributed by atoms with Gasteiger partial charge in [-0.05, 0) is 31.2 Å². The number of rotatable bonds is 6. The molecule has 0 aromatic heterocycles. The molecule has 1 aromatic carbocycles. The fraction of sp³-hybridized carbons (Fsp3) is 0.529. The van der Waals surface area contributed by atoms with Crippen molar-refractivity contribution in [1.82, 2.24) is 20.4 Å². The highest BCUT2D eigenvalue weighted by Crippen LogP contribution is 2.07. The van der Waals surface area contributed by atoms with Crippen LogP contribution in [-0.2, 0) is 0 Å². The minimum absolute atomic E-state index is 0.0987. The van der Waals surface area contributed by atoms with Gasteiger partial charge in [0.15, 0.2) is 0 Å². The van der Waals surface area contributed by atoms with Gasteiger partial charge in [0.2, 0.25) is 0 Å². The maximum atomic E-state index is 12.2. The molecule has 6 heteroatoms. The first kappa shape index (κ1) is 17.4.